The van der Waals surface area contributed by atoms with Gasteiger partial charge in [0.2, 0.25) is 0 Å². The molecule has 0 aliphatic heterocycles. The molecule has 1 fully saturated rings. The first-order valence-corrected chi connectivity index (χ1v) is 7.70. The molecule has 0 saturated heterocycles. The Hall–Kier alpha value is -2.14. The molecular weight excluding hydrogens is 300 g/mol. The molecule has 2 N–H and O–H groups in total. The van der Waals surface area contributed by atoms with Crippen molar-refractivity contribution in [1.29, 1.82) is 0 Å². The predicted octanol–water partition coefficient (Wildman–Crippen LogP) is 2.68. The maximum absolute atomic E-state index is 11.8. The molecule has 6 heteroatoms. The van der Waals surface area contributed by atoms with Gasteiger partial charge in [-0.1, -0.05) is 23.7 Å². The van der Waals surface area contributed by atoms with Crippen LogP contribution in [0.5, 0.6) is 0 Å². The summed E-state index contributed by atoms with van der Waals surface area (Å²) in [7, 11) is 0. The molecule has 0 spiro atoms. The van der Waals surface area contributed by atoms with Crippen molar-refractivity contribution in [3.8, 4) is 0 Å². The van der Waals surface area contributed by atoms with E-state index in [4.69, 9.17) is 11.6 Å². The molecular formula is C16H17ClN4O. The highest BCUT2D eigenvalue weighted by Gasteiger charge is 2.24. The maximum Gasteiger partial charge on any atom is 0.271 e. The third kappa shape index (κ3) is 4.18. The number of rotatable bonds is 6. The lowest BCUT2D eigenvalue weighted by Crippen LogP contribution is -2.26. The molecule has 0 atom stereocenters. The number of hydrogen-bond acceptors (Lipinski definition) is 4. The summed E-state index contributed by atoms with van der Waals surface area (Å²) < 4.78 is 0. The fourth-order valence-corrected chi connectivity index (χ4v) is 2.14. The van der Waals surface area contributed by atoms with E-state index in [-0.39, 0.29) is 5.91 Å². The summed E-state index contributed by atoms with van der Waals surface area (Å²) in [4.78, 5) is 20.1. The summed E-state index contributed by atoms with van der Waals surface area (Å²) >= 11 is 5.85. The minimum atomic E-state index is -0.150. The van der Waals surface area contributed by atoms with Gasteiger partial charge < -0.3 is 10.6 Å². The van der Waals surface area contributed by atoms with Crippen LogP contribution in [-0.4, -0.2) is 28.5 Å². The van der Waals surface area contributed by atoms with Crippen LogP contribution in [0.1, 0.15) is 28.9 Å². The lowest BCUT2D eigenvalue weighted by atomic mass is 10.1. The van der Waals surface area contributed by atoms with Gasteiger partial charge in [0.25, 0.3) is 5.91 Å². The quantitative estimate of drug-likeness (QED) is 0.860. The Bertz CT molecular complexity index is 638. The number of benzene rings is 1. The minimum absolute atomic E-state index is 0.150. The van der Waals surface area contributed by atoms with Gasteiger partial charge in [0, 0.05) is 17.6 Å². The smallest absolute Gasteiger partial charge is 0.271 e. The number of hydrogen-bond donors (Lipinski definition) is 2. The fraction of sp³-hybridized carbons (Fsp3) is 0.312. The van der Waals surface area contributed by atoms with E-state index in [9.17, 15) is 4.79 Å². The molecule has 1 aliphatic carbocycles. The number of carbonyl (C=O) groups excluding carboxylic acids is 1. The third-order valence-corrected chi connectivity index (χ3v) is 3.68. The first-order chi connectivity index (χ1) is 10.7. The number of nitrogens with one attached hydrogen (secondary N) is 2. The molecule has 114 valence electrons. The molecule has 3 rings (SSSR count). The molecule has 1 aromatic carbocycles. The van der Waals surface area contributed by atoms with Gasteiger partial charge in [0.05, 0.1) is 12.4 Å². The normalized spacial score (nSPS) is 13.7. The average molecular weight is 317 g/mol. The highest BCUT2D eigenvalue weighted by Crippen LogP contribution is 2.19. The molecule has 5 nitrogen and oxygen atoms in total. The van der Waals surface area contributed by atoms with E-state index in [1.54, 1.807) is 6.20 Å². The topological polar surface area (TPSA) is 66.9 Å². The first kappa shape index (κ1) is 14.8. The molecule has 22 heavy (non-hydrogen) atoms. The van der Waals surface area contributed by atoms with Crippen molar-refractivity contribution in [3.05, 3.63) is 52.9 Å². The molecule has 2 aromatic rings. The van der Waals surface area contributed by atoms with E-state index in [0.717, 1.165) is 30.8 Å². The fourth-order valence-electron chi connectivity index (χ4n) is 2.01. The van der Waals surface area contributed by atoms with Crippen LogP contribution in [0.15, 0.2) is 36.7 Å². The Morgan fingerprint density at radius 2 is 1.95 bits per heavy atom. The van der Waals surface area contributed by atoms with Crippen LogP contribution in [0.3, 0.4) is 0 Å². The van der Waals surface area contributed by atoms with Crippen molar-refractivity contribution in [2.24, 2.45) is 0 Å². The van der Waals surface area contributed by atoms with Crippen molar-refractivity contribution in [2.75, 3.05) is 11.9 Å². The van der Waals surface area contributed by atoms with Crippen molar-refractivity contribution >= 4 is 23.3 Å². The number of aromatic nitrogens is 2. The van der Waals surface area contributed by atoms with E-state index < -0.39 is 0 Å². The van der Waals surface area contributed by atoms with Crippen LogP contribution in [0.4, 0.5) is 5.82 Å². The SMILES string of the molecule is O=C(NC1CC1)c1cnc(NCCc2ccc(Cl)cc2)cn1. The summed E-state index contributed by atoms with van der Waals surface area (Å²) in [6, 6.07) is 8.09. The van der Waals surface area contributed by atoms with Crippen molar-refractivity contribution in [1.82, 2.24) is 15.3 Å². The van der Waals surface area contributed by atoms with Crippen molar-refractivity contribution < 1.29 is 4.79 Å². The van der Waals surface area contributed by atoms with E-state index in [0.29, 0.717) is 17.6 Å². The third-order valence-electron chi connectivity index (χ3n) is 3.43. The van der Waals surface area contributed by atoms with Crippen LogP contribution in [0, 0.1) is 0 Å². The van der Waals surface area contributed by atoms with Gasteiger partial charge in [0.15, 0.2) is 0 Å². The second kappa shape index (κ2) is 6.75. The predicted molar refractivity (Wildman–Crippen MR) is 86.2 cm³/mol. The van der Waals surface area contributed by atoms with Crippen molar-refractivity contribution in [2.45, 2.75) is 25.3 Å². The molecule has 1 saturated carbocycles. The van der Waals surface area contributed by atoms with Gasteiger partial charge in [-0.15, -0.1) is 0 Å². The summed E-state index contributed by atoms with van der Waals surface area (Å²) in [6.45, 7) is 0.740. The van der Waals surface area contributed by atoms with Gasteiger partial charge in [-0.05, 0) is 37.0 Å². The van der Waals surface area contributed by atoms with E-state index in [1.807, 2.05) is 24.3 Å². The molecule has 1 heterocycles. The Morgan fingerprint density at radius 1 is 1.18 bits per heavy atom. The monoisotopic (exact) mass is 316 g/mol. The lowest BCUT2D eigenvalue weighted by Gasteiger charge is -2.06. The van der Waals surface area contributed by atoms with Crippen LogP contribution in [-0.2, 0) is 6.42 Å². The molecule has 0 radical (unpaired) electrons. The standard InChI is InChI=1S/C16H17ClN4O/c17-12-3-1-11(2-4-12)7-8-18-15-10-19-14(9-20-15)16(22)21-13-5-6-13/h1-4,9-10,13H,5-8H2,(H,18,20)(H,21,22). The molecule has 0 unspecified atom stereocenters. The Labute approximate surface area is 134 Å². The van der Waals surface area contributed by atoms with Gasteiger partial charge in [-0.2, -0.15) is 0 Å². The zero-order valence-electron chi connectivity index (χ0n) is 12.1. The van der Waals surface area contributed by atoms with E-state index >= 15 is 0 Å². The van der Waals surface area contributed by atoms with Crippen LogP contribution < -0.4 is 10.6 Å². The number of carbonyl (C=O) groups is 1. The lowest BCUT2D eigenvalue weighted by molar-refractivity contribution is 0.0945. The largest absolute Gasteiger partial charge is 0.368 e. The van der Waals surface area contributed by atoms with Crippen molar-refractivity contribution in [3.63, 3.8) is 0 Å². The van der Waals surface area contributed by atoms with E-state index in [2.05, 4.69) is 20.6 Å². The summed E-state index contributed by atoms with van der Waals surface area (Å²) in [5.41, 5.74) is 1.56. The summed E-state index contributed by atoms with van der Waals surface area (Å²) in [6.07, 6.45) is 6.07. The van der Waals surface area contributed by atoms with Crippen LogP contribution >= 0.6 is 11.6 Å². The van der Waals surface area contributed by atoms with Crippen LogP contribution in [0.25, 0.3) is 0 Å². The zero-order valence-corrected chi connectivity index (χ0v) is 12.8. The van der Waals surface area contributed by atoms with Gasteiger partial charge in [0.1, 0.15) is 11.5 Å². The number of anilines is 1. The number of halogens is 1. The molecule has 1 aliphatic rings. The Kier molecular flexibility index (Phi) is 4.53. The second-order valence-electron chi connectivity index (χ2n) is 5.34. The summed E-state index contributed by atoms with van der Waals surface area (Å²) in [5.74, 6) is 0.514. The van der Waals surface area contributed by atoms with E-state index in [1.165, 1.54) is 11.8 Å². The van der Waals surface area contributed by atoms with Gasteiger partial charge in [-0.25, -0.2) is 9.97 Å². The minimum Gasteiger partial charge on any atom is -0.368 e. The van der Waals surface area contributed by atoms with Crippen LogP contribution in [0.2, 0.25) is 5.02 Å². The first-order valence-electron chi connectivity index (χ1n) is 7.32. The number of nitrogens with zero attached hydrogens (tertiary/aromatic N) is 2. The highest BCUT2D eigenvalue weighted by molar-refractivity contribution is 6.30. The molecule has 1 aromatic heterocycles. The number of amides is 1. The molecule has 1 amide bonds. The summed E-state index contributed by atoms with van der Waals surface area (Å²) in [5, 5.41) is 6.81. The highest BCUT2D eigenvalue weighted by atomic mass is 35.5. The average Bonchev–Trinajstić information content (AvgIpc) is 3.34. The maximum atomic E-state index is 11.8. The van der Waals surface area contributed by atoms with Gasteiger partial charge in [-0.3, -0.25) is 4.79 Å². The Morgan fingerprint density at radius 3 is 2.59 bits per heavy atom. The Balaban J connectivity index is 1.48. The zero-order chi connectivity index (χ0) is 15.4. The second-order valence-corrected chi connectivity index (χ2v) is 5.77. The molecule has 0 bridgehead atoms. The van der Waals surface area contributed by atoms with Gasteiger partial charge >= 0.3 is 0 Å².